The normalized spacial score (nSPS) is 14.0. The fourth-order valence-electron chi connectivity index (χ4n) is 3.85. The lowest BCUT2D eigenvalue weighted by Gasteiger charge is -2.21. The number of hydrogen-bond donors (Lipinski definition) is 2. The Hall–Kier alpha value is -2.51. The Bertz CT molecular complexity index is 882. The highest BCUT2D eigenvalue weighted by Crippen LogP contribution is 2.24. The van der Waals surface area contributed by atoms with E-state index in [1.165, 1.54) is 43.9 Å². The number of thioether (sulfide) groups is 1. The molecule has 0 spiro atoms. The molecule has 0 aromatic heterocycles. The maximum absolute atomic E-state index is 12.8. The third-order valence-corrected chi connectivity index (χ3v) is 6.81. The maximum Gasteiger partial charge on any atom is 0.252 e. The van der Waals surface area contributed by atoms with Gasteiger partial charge in [0.05, 0.1) is 17.9 Å². The van der Waals surface area contributed by atoms with Gasteiger partial charge in [0, 0.05) is 25.1 Å². The van der Waals surface area contributed by atoms with Crippen molar-refractivity contribution in [2.45, 2.75) is 43.5 Å². The first-order chi connectivity index (χ1) is 16.2. The van der Waals surface area contributed by atoms with Crippen LogP contribution in [-0.4, -0.2) is 44.4 Å². The molecule has 3 rings (SSSR count). The van der Waals surface area contributed by atoms with E-state index in [9.17, 15) is 9.59 Å². The van der Waals surface area contributed by atoms with Crippen molar-refractivity contribution in [1.29, 1.82) is 0 Å². The monoisotopic (exact) mass is 470 g/mol. The molecule has 0 saturated heterocycles. The highest BCUT2D eigenvalue weighted by atomic mass is 32.2. The fourth-order valence-corrected chi connectivity index (χ4v) is 4.73. The molecule has 0 heterocycles. The molecule has 1 aliphatic carbocycles. The number of amides is 2. The number of hydrogen-bond acceptors (Lipinski definition) is 5. The third-order valence-electron chi connectivity index (χ3n) is 5.74. The first-order valence-electron chi connectivity index (χ1n) is 11.6. The van der Waals surface area contributed by atoms with Crippen LogP contribution in [0.25, 0.3) is 0 Å². The van der Waals surface area contributed by atoms with Crippen molar-refractivity contribution in [1.82, 2.24) is 10.6 Å². The van der Waals surface area contributed by atoms with Crippen LogP contribution in [0.4, 0.5) is 0 Å². The Morgan fingerprint density at radius 2 is 1.73 bits per heavy atom. The van der Waals surface area contributed by atoms with Gasteiger partial charge in [-0.25, -0.2) is 0 Å². The second kappa shape index (κ2) is 13.9. The summed E-state index contributed by atoms with van der Waals surface area (Å²) in [6.45, 7) is 2.22. The van der Waals surface area contributed by atoms with Gasteiger partial charge in [-0.2, -0.15) is 0 Å². The van der Waals surface area contributed by atoms with Crippen LogP contribution in [0.15, 0.2) is 53.4 Å². The molecule has 6 nitrogen and oxygen atoms in total. The standard InChI is InChI=1S/C26H34N2O4S/c1-31-15-16-32-22-13-11-21(12-14-22)18-28-26(30)23-9-5-6-10-24(23)33-19-25(29)27-17-20-7-3-2-4-8-20/h5-6,9-14,20H,2-4,7-8,15-19H2,1H3,(H,27,29)(H,28,30). The lowest BCUT2D eigenvalue weighted by molar-refractivity contribution is -0.118. The molecule has 2 aromatic carbocycles. The minimum atomic E-state index is -0.152. The van der Waals surface area contributed by atoms with E-state index >= 15 is 0 Å². The minimum absolute atomic E-state index is 0.0218. The Labute approximate surface area is 200 Å². The van der Waals surface area contributed by atoms with Gasteiger partial charge in [-0.3, -0.25) is 9.59 Å². The van der Waals surface area contributed by atoms with Crippen molar-refractivity contribution in [2.75, 3.05) is 32.6 Å². The largest absolute Gasteiger partial charge is 0.491 e. The second-order valence-electron chi connectivity index (χ2n) is 8.26. The highest BCUT2D eigenvalue weighted by Gasteiger charge is 2.16. The Kier molecular flexibility index (Phi) is 10.6. The summed E-state index contributed by atoms with van der Waals surface area (Å²) in [6.07, 6.45) is 6.27. The number of methoxy groups -OCH3 is 1. The van der Waals surface area contributed by atoms with Crippen LogP contribution < -0.4 is 15.4 Å². The van der Waals surface area contributed by atoms with E-state index in [1.54, 1.807) is 13.2 Å². The quantitative estimate of drug-likeness (QED) is 0.355. The average molecular weight is 471 g/mol. The molecule has 33 heavy (non-hydrogen) atoms. The van der Waals surface area contributed by atoms with Crippen LogP contribution in [-0.2, 0) is 16.1 Å². The van der Waals surface area contributed by atoms with E-state index in [-0.39, 0.29) is 11.8 Å². The molecule has 2 N–H and O–H groups in total. The number of rotatable bonds is 12. The van der Waals surface area contributed by atoms with E-state index in [0.29, 0.717) is 37.0 Å². The molecule has 0 atom stereocenters. The Morgan fingerprint density at radius 1 is 0.970 bits per heavy atom. The van der Waals surface area contributed by atoms with Gasteiger partial charge in [0.1, 0.15) is 12.4 Å². The van der Waals surface area contributed by atoms with E-state index in [4.69, 9.17) is 9.47 Å². The summed E-state index contributed by atoms with van der Waals surface area (Å²) < 4.78 is 10.5. The second-order valence-corrected chi connectivity index (χ2v) is 9.28. The zero-order chi connectivity index (χ0) is 23.3. The van der Waals surface area contributed by atoms with Gasteiger partial charge >= 0.3 is 0 Å². The van der Waals surface area contributed by atoms with Gasteiger partial charge in [0.25, 0.3) is 5.91 Å². The lowest BCUT2D eigenvalue weighted by Crippen LogP contribution is -2.31. The first-order valence-corrected chi connectivity index (χ1v) is 12.6. The number of ether oxygens (including phenoxy) is 2. The number of carbonyl (C=O) groups is 2. The van der Waals surface area contributed by atoms with Gasteiger partial charge in [0.15, 0.2) is 0 Å². The molecule has 178 valence electrons. The zero-order valence-electron chi connectivity index (χ0n) is 19.3. The molecule has 7 heteroatoms. The Morgan fingerprint density at radius 3 is 2.48 bits per heavy atom. The van der Waals surface area contributed by atoms with E-state index in [1.807, 2.05) is 42.5 Å². The molecule has 0 bridgehead atoms. The van der Waals surface area contributed by atoms with Crippen molar-refractivity contribution in [3.8, 4) is 5.75 Å². The SMILES string of the molecule is COCCOc1ccc(CNC(=O)c2ccccc2SCC(=O)NCC2CCCCC2)cc1. The van der Waals surface area contributed by atoms with Crippen molar-refractivity contribution in [3.63, 3.8) is 0 Å². The van der Waals surface area contributed by atoms with E-state index in [0.717, 1.165) is 22.8 Å². The predicted octanol–water partition coefficient (Wildman–Crippen LogP) is 4.43. The first kappa shape index (κ1) is 25.1. The fraction of sp³-hybridized carbons (Fsp3) is 0.462. The van der Waals surface area contributed by atoms with Crippen LogP contribution in [0.1, 0.15) is 48.0 Å². The van der Waals surface area contributed by atoms with Crippen LogP contribution in [0.3, 0.4) is 0 Å². The number of carbonyl (C=O) groups excluding carboxylic acids is 2. The van der Waals surface area contributed by atoms with Crippen molar-refractivity contribution in [3.05, 3.63) is 59.7 Å². The smallest absolute Gasteiger partial charge is 0.252 e. The molecular formula is C26H34N2O4S. The summed E-state index contributed by atoms with van der Waals surface area (Å²) in [6, 6.07) is 15.0. The van der Waals surface area contributed by atoms with E-state index in [2.05, 4.69) is 10.6 Å². The van der Waals surface area contributed by atoms with Gasteiger partial charge in [-0.05, 0) is 48.6 Å². The summed E-state index contributed by atoms with van der Waals surface area (Å²) in [5.74, 6) is 1.55. The summed E-state index contributed by atoms with van der Waals surface area (Å²) in [7, 11) is 1.64. The maximum atomic E-state index is 12.8. The van der Waals surface area contributed by atoms with Crippen molar-refractivity contribution < 1.29 is 19.1 Å². The van der Waals surface area contributed by atoms with Gasteiger partial charge in [0.2, 0.25) is 5.91 Å². The van der Waals surface area contributed by atoms with E-state index < -0.39 is 0 Å². The molecule has 0 aliphatic heterocycles. The Balaban J connectivity index is 1.45. The zero-order valence-corrected chi connectivity index (χ0v) is 20.1. The van der Waals surface area contributed by atoms with Crippen molar-refractivity contribution in [2.24, 2.45) is 5.92 Å². The summed E-state index contributed by atoms with van der Waals surface area (Å²) in [5.41, 5.74) is 1.57. The van der Waals surface area contributed by atoms with Gasteiger partial charge < -0.3 is 20.1 Å². The summed E-state index contributed by atoms with van der Waals surface area (Å²) in [5, 5.41) is 6.03. The summed E-state index contributed by atoms with van der Waals surface area (Å²) in [4.78, 5) is 25.9. The average Bonchev–Trinajstić information content (AvgIpc) is 2.86. The van der Waals surface area contributed by atoms with Crippen molar-refractivity contribution >= 4 is 23.6 Å². The molecule has 1 aliphatic rings. The van der Waals surface area contributed by atoms with Crippen LogP contribution in [0, 0.1) is 5.92 Å². The van der Waals surface area contributed by atoms with Gasteiger partial charge in [-0.1, -0.05) is 43.5 Å². The molecular weight excluding hydrogens is 436 g/mol. The summed E-state index contributed by atoms with van der Waals surface area (Å²) >= 11 is 1.40. The van der Waals surface area contributed by atoms with Crippen LogP contribution in [0.5, 0.6) is 5.75 Å². The predicted molar refractivity (Wildman–Crippen MR) is 132 cm³/mol. The molecule has 0 unspecified atom stereocenters. The number of benzene rings is 2. The molecule has 1 fully saturated rings. The van der Waals surface area contributed by atoms with Crippen LogP contribution >= 0.6 is 11.8 Å². The molecule has 2 aromatic rings. The lowest BCUT2D eigenvalue weighted by atomic mass is 9.89. The van der Waals surface area contributed by atoms with Gasteiger partial charge in [-0.15, -0.1) is 11.8 Å². The molecule has 2 amide bonds. The molecule has 0 radical (unpaired) electrons. The molecule has 1 saturated carbocycles. The minimum Gasteiger partial charge on any atom is -0.491 e. The highest BCUT2D eigenvalue weighted by molar-refractivity contribution is 8.00. The van der Waals surface area contributed by atoms with Crippen LogP contribution in [0.2, 0.25) is 0 Å². The number of nitrogens with one attached hydrogen (secondary N) is 2. The third kappa shape index (κ3) is 8.74. The topological polar surface area (TPSA) is 76.7 Å².